The molecule has 0 unspecified atom stereocenters. The molecule has 8 nitrogen and oxygen atoms in total. The van der Waals surface area contributed by atoms with Crippen LogP contribution in [-0.4, -0.2) is 29.1 Å². The second-order valence-electron chi connectivity index (χ2n) is 5.73. The van der Waals surface area contributed by atoms with E-state index in [1.165, 1.54) is 18.3 Å². The molecule has 0 spiro atoms. The van der Waals surface area contributed by atoms with Crippen LogP contribution in [0.25, 0.3) is 11.4 Å². The summed E-state index contributed by atoms with van der Waals surface area (Å²) >= 11 is 0. The minimum atomic E-state index is -4.74. The Morgan fingerprint density at radius 3 is 2.57 bits per heavy atom. The molecule has 0 radical (unpaired) electrons. The maximum atomic E-state index is 12.6. The number of fused-ring (bicyclic) bond motifs is 1. The Hall–Kier alpha value is -3.28. The van der Waals surface area contributed by atoms with Gasteiger partial charge in [0.25, 0.3) is 10.0 Å². The topological polar surface area (TPSA) is 102 Å². The largest absolute Gasteiger partial charge is 0.471 e. The number of para-hydroxylation sites is 2. The number of pyridine rings is 1. The summed E-state index contributed by atoms with van der Waals surface area (Å²) in [5, 5.41) is 3.28. The highest BCUT2D eigenvalue weighted by atomic mass is 32.2. The van der Waals surface area contributed by atoms with Gasteiger partial charge in [0.15, 0.2) is 0 Å². The first-order valence-electron chi connectivity index (χ1n) is 7.76. The summed E-state index contributed by atoms with van der Waals surface area (Å²) in [6.07, 6.45) is -3.49. The van der Waals surface area contributed by atoms with Gasteiger partial charge in [-0.3, -0.25) is 9.29 Å². The fourth-order valence-corrected chi connectivity index (χ4v) is 3.63. The maximum Gasteiger partial charge on any atom is 0.471 e. The summed E-state index contributed by atoms with van der Waals surface area (Å²) in [6, 6.07) is 9.63. The summed E-state index contributed by atoms with van der Waals surface area (Å²) in [7, 11) is -3.77. The Balaban J connectivity index is 1.60. The lowest BCUT2D eigenvalue weighted by Crippen LogP contribution is -2.33. The third-order valence-corrected chi connectivity index (χ3v) is 5.15. The molecule has 1 aliphatic rings. The highest BCUT2D eigenvalue weighted by Crippen LogP contribution is 2.34. The van der Waals surface area contributed by atoms with Gasteiger partial charge in [0.05, 0.1) is 23.6 Å². The number of aromatic nitrogens is 3. The van der Waals surface area contributed by atoms with Crippen LogP contribution in [0.1, 0.15) is 11.6 Å². The molecule has 3 heterocycles. The van der Waals surface area contributed by atoms with Gasteiger partial charge in [0, 0.05) is 11.8 Å². The molecule has 0 saturated carbocycles. The number of hydrogen-bond donors (Lipinski definition) is 0. The molecular weight excluding hydrogens is 399 g/mol. The van der Waals surface area contributed by atoms with E-state index < -0.39 is 22.1 Å². The van der Waals surface area contributed by atoms with Gasteiger partial charge in [-0.1, -0.05) is 17.3 Å². The predicted octanol–water partition coefficient (Wildman–Crippen LogP) is 3.16. The maximum absolute atomic E-state index is 12.6. The van der Waals surface area contributed by atoms with Gasteiger partial charge in [0.2, 0.25) is 5.82 Å². The van der Waals surface area contributed by atoms with E-state index in [-0.39, 0.29) is 17.9 Å². The number of aliphatic imine (C=N–C) groups is 1. The van der Waals surface area contributed by atoms with E-state index in [1.807, 2.05) is 0 Å². The Labute approximate surface area is 156 Å². The highest BCUT2D eigenvalue weighted by Gasteiger charge is 2.38. The second kappa shape index (κ2) is 6.41. The van der Waals surface area contributed by atoms with E-state index >= 15 is 0 Å². The van der Waals surface area contributed by atoms with Crippen LogP contribution in [0, 0.1) is 0 Å². The molecule has 3 aromatic rings. The number of benzene rings is 1. The quantitative estimate of drug-likeness (QED) is 0.659. The first kappa shape index (κ1) is 18.1. The average Bonchev–Trinajstić information content (AvgIpc) is 3.15. The first-order chi connectivity index (χ1) is 13.2. The Morgan fingerprint density at radius 2 is 1.89 bits per heavy atom. The number of sulfonamides is 1. The van der Waals surface area contributed by atoms with Crippen LogP contribution in [0.15, 0.2) is 52.1 Å². The predicted molar refractivity (Wildman–Crippen MR) is 92.2 cm³/mol. The van der Waals surface area contributed by atoms with E-state index in [0.29, 0.717) is 17.1 Å². The molecule has 0 aliphatic carbocycles. The molecule has 1 aliphatic heterocycles. The van der Waals surface area contributed by atoms with Gasteiger partial charge in [-0.2, -0.15) is 18.2 Å². The second-order valence-corrected chi connectivity index (χ2v) is 7.42. The molecule has 144 valence electrons. The van der Waals surface area contributed by atoms with Crippen LogP contribution in [-0.2, 0) is 22.7 Å². The van der Waals surface area contributed by atoms with Crippen molar-refractivity contribution in [3.8, 4) is 11.4 Å². The number of alkyl halides is 3. The smallest absolute Gasteiger partial charge is 0.329 e. The summed E-state index contributed by atoms with van der Waals surface area (Å²) in [5.74, 6) is -1.73. The molecule has 12 heteroatoms. The van der Waals surface area contributed by atoms with Crippen molar-refractivity contribution in [3.63, 3.8) is 0 Å². The van der Waals surface area contributed by atoms with Crippen molar-refractivity contribution in [2.24, 2.45) is 4.99 Å². The van der Waals surface area contributed by atoms with Gasteiger partial charge in [-0.25, -0.2) is 13.4 Å². The lowest BCUT2D eigenvalue weighted by Gasteiger charge is -2.26. The zero-order valence-corrected chi connectivity index (χ0v) is 14.6. The zero-order chi connectivity index (χ0) is 19.9. The van der Waals surface area contributed by atoms with Crippen LogP contribution in [0.4, 0.5) is 24.5 Å². The zero-order valence-electron chi connectivity index (χ0n) is 13.8. The minimum Gasteiger partial charge on any atom is -0.329 e. The van der Waals surface area contributed by atoms with Gasteiger partial charge in [-0.15, -0.1) is 0 Å². The van der Waals surface area contributed by atoms with Crippen molar-refractivity contribution in [2.45, 2.75) is 12.7 Å². The summed E-state index contributed by atoms with van der Waals surface area (Å²) in [6.45, 7) is -0.0777. The Kier molecular flexibility index (Phi) is 4.14. The van der Waals surface area contributed by atoms with E-state index in [9.17, 15) is 21.6 Å². The SMILES string of the molecule is O=S1(=O)C=Nc2ccccc2N1Cc1ccc(-c2noc(C(F)(F)F)n2)cn1. The van der Waals surface area contributed by atoms with Gasteiger partial charge < -0.3 is 4.52 Å². The van der Waals surface area contributed by atoms with Crippen LogP contribution in [0.5, 0.6) is 0 Å². The lowest BCUT2D eigenvalue weighted by molar-refractivity contribution is -0.159. The Bertz CT molecular complexity index is 1160. The van der Waals surface area contributed by atoms with Crippen molar-refractivity contribution in [2.75, 3.05) is 4.31 Å². The monoisotopic (exact) mass is 409 g/mol. The fraction of sp³-hybridized carbons (Fsp3) is 0.125. The first-order valence-corrected chi connectivity index (χ1v) is 9.26. The molecular formula is C16H10F3N5O3S. The number of halogens is 3. The van der Waals surface area contributed by atoms with Gasteiger partial charge in [0.1, 0.15) is 5.55 Å². The van der Waals surface area contributed by atoms with Crippen LogP contribution in [0.3, 0.4) is 0 Å². The third kappa shape index (κ3) is 3.33. The minimum absolute atomic E-state index is 0.0777. The standard InChI is InChI=1S/C16H10F3N5O3S/c17-16(18,19)15-22-14(23-27-15)10-5-6-11(20-7-10)8-24-13-4-2-1-3-12(13)21-9-28(24,25)26/h1-7,9H,8H2. The third-order valence-electron chi connectivity index (χ3n) is 3.84. The normalized spacial score (nSPS) is 15.5. The van der Waals surface area contributed by atoms with E-state index in [2.05, 4.69) is 24.6 Å². The lowest BCUT2D eigenvalue weighted by atomic mass is 10.2. The van der Waals surface area contributed by atoms with E-state index in [4.69, 9.17) is 0 Å². The summed E-state index contributed by atoms with van der Waals surface area (Å²) in [5.41, 5.74) is 2.34. The molecule has 0 bridgehead atoms. The number of anilines is 1. The van der Waals surface area contributed by atoms with Crippen molar-refractivity contribution in [1.82, 2.24) is 15.1 Å². The van der Waals surface area contributed by atoms with E-state index in [1.54, 1.807) is 24.3 Å². The van der Waals surface area contributed by atoms with Gasteiger partial charge in [-0.05, 0) is 24.3 Å². The molecule has 28 heavy (non-hydrogen) atoms. The fourth-order valence-electron chi connectivity index (χ4n) is 2.53. The number of nitrogens with zero attached hydrogens (tertiary/aromatic N) is 5. The van der Waals surface area contributed by atoms with E-state index in [0.717, 1.165) is 9.85 Å². The summed E-state index contributed by atoms with van der Waals surface area (Å²) in [4.78, 5) is 11.3. The number of rotatable bonds is 3. The average molecular weight is 409 g/mol. The van der Waals surface area contributed by atoms with Crippen molar-refractivity contribution < 1.29 is 26.1 Å². The molecule has 0 amide bonds. The van der Waals surface area contributed by atoms with Crippen molar-refractivity contribution in [3.05, 3.63) is 54.2 Å². The molecule has 0 saturated heterocycles. The van der Waals surface area contributed by atoms with Gasteiger partial charge >= 0.3 is 12.1 Å². The molecule has 2 aromatic heterocycles. The van der Waals surface area contributed by atoms with Crippen LogP contribution >= 0.6 is 0 Å². The van der Waals surface area contributed by atoms with Crippen LogP contribution in [0.2, 0.25) is 0 Å². The molecule has 0 N–H and O–H groups in total. The number of hydrogen-bond acceptors (Lipinski definition) is 7. The molecule has 4 rings (SSSR count). The molecule has 1 aromatic carbocycles. The highest BCUT2D eigenvalue weighted by molar-refractivity contribution is 8.05. The van der Waals surface area contributed by atoms with Crippen molar-refractivity contribution in [1.29, 1.82) is 0 Å². The summed E-state index contributed by atoms with van der Waals surface area (Å²) < 4.78 is 67.7. The van der Waals surface area contributed by atoms with Crippen molar-refractivity contribution >= 4 is 26.9 Å². The van der Waals surface area contributed by atoms with Crippen LogP contribution < -0.4 is 4.31 Å². The molecule has 0 fully saturated rings. The Morgan fingerprint density at radius 1 is 1.11 bits per heavy atom. The molecule has 0 atom stereocenters.